The van der Waals surface area contributed by atoms with Crippen molar-refractivity contribution in [2.24, 2.45) is 5.92 Å². The second-order valence-corrected chi connectivity index (χ2v) is 8.07. The van der Waals surface area contributed by atoms with Gasteiger partial charge >= 0.3 is 0 Å². The molecule has 2 fully saturated rings. The Morgan fingerprint density at radius 1 is 1.11 bits per heavy atom. The summed E-state index contributed by atoms with van der Waals surface area (Å²) in [7, 11) is 0. The van der Waals surface area contributed by atoms with Gasteiger partial charge in [0, 0.05) is 17.3 Å². The minimum absolute atomic E-state index is 0.0454. The van der Waals surface area contributed by atoms with E-state index < -0.39 is 0 Å². The van der Waals surface area contributed by atoms with Crippen molar-refractivity contribution in [3.8, 4) is 0 Å². The lowest BCUT2D eigenvalue weighted by atomic mass is 10.1. The highest BCUT2D eigenvalue weighted by Crippen LogP contribution is 2.42. The summed E-state index contributed by atoms with van der Waals surface area (Å²) >= 11 is 1.51. The molecule has 1 saturated carbocycles. The lowest BCUT2D eigenvalue weighted by Gasteiger charge is -2.25. The Balaban J connectivity index is 1.57. The highest BCUT2D eigenvalue weighted by molar-refractivity contribution is 8.00. The van der Waals surface area contributed by atoms with E-state index in [-0.39, 0.29) is 28.9 Å². The maximum absolute atomic E-state index is 13.6. The van der Waals surface area contributed by atoms with Crippen LogP contribution in [0.4, 0.5) is 15.8 Å². The SMILES string of the molecule is O=C(Nc1cccc([C@H]2SCC(=O)N2c2cccc(F)c2)c1)C1CCCC1. The van der Waals surface area contributed by atoms with Crippen LogP contribution < -0.4 is 10.2 Å². The van der Waals surface area contributed by atoms with Gasteiger partial charge in [0.15, 0.2) is 0 Å². The zero-order valence-corrected chi connectivity index (χ0v) is 15.7. The fourth-order valence-electron chi connectivity index (χ4n) is 3.78. The van der Waals surface area contributed by atoms with Gasteiger partial charge in [-0.1, -0.05) is 31.0 Å². The molecule has 0 unspecified atom stereocenters. The van der Waals surface area contributed by atoms with Gasteiger partial charge in [0.1, 0.15) is 11.2 Å². The van der Waals surface area contributed by atoms with Gasteiger partial charge in [-0.15, -0.1) is 11.8 Å². The van der Waals surface area contributed by atoms with Crippen LogP contribution in [0.5, 0.6) is 0 Å². The maximum atomic E-state index is 13.6. The molecule has 1 N–H and O–H groups in total. The highest BCUT2D eigenvalue weighted by Gasteiger charge is 2.34. The van der Waals surface area contributed by atoms with E-state index in [2.05, 4.69) is 5.32 Å². The van der Waals surface area contributed by atoms with E-state index in [9.17, 15) is 14.0 Å². The van der Waals surface area contributed by atoms with E-state index in [1.165, 1.54) is 23.9 Å². The Morgan fingerprint density at radius 2 is 1.89 bits per heavy atom. The Kier molecular flexibility index (Phi) is 5.16. The number of nitrogens with one attached hydrogen (secondary N) is 1. The van der Waals surface area contributed by atoms with E-state index in [0.29, 0.717) is 11.4 Å². The fraction of sp³-hybridized carbons (Fsp3) is 0.333. The predicted molar refractivity (Wildman–Crippen MR) is 106 cm³/mol. The van der Waals surface area contributed by atoms with Gasteiger partial charge in [-0.3, -0.25) is 14.5 Å². The van der Waals surface area contributed by atoms with E-state index in [4.69, 9.17) is 0 Å². The first-order valence-corrected chi connectivity index (χ1v) is 10.3. The summed E-state index contributed by atoms with van der Waals surface area (Å²) in [5, 5.41) is 2.78. The van der Waals surface area contributed by atoms with Crippen LogP contribution in [-0.2, 0) is 9.59 Å². The third kappa shape index (κ3) is 3.86. The number of amides is 2. The van der Waals surface area contributed by atoms with Gasteiger partial charge in [0.2, 0.25) is 11.8 Å². The van der Waals surface area contributed by atoms with Crippen LogP contribution in [-0.4, -0.2) is 17.6 Å². The van der Waals surface area contributed by atoms with Gasteiger partial charge in [0.25, 0.3) is 0 Å². The topological polar surface area (TPSA) is 49.4 Å². The molecule has 1 atom stereocenters. The summed E-state index contributed by atoms with van der Waals surface area (Å²) in [5.74, 6) is 0.103. The molecule has 0 radical (unpaired) electrons. The lowest BCUT2D eigenvalue weighted by molar-refractivity contribution is -0.119. The molecule has 0 aromatic heterocycles. The van der Waals surface area contributed by atoms with E-state index in [0.717, 1.165) is 36.9 Å². The molecule has 2 amide bonds. The van der Waals surface area contributed by atoms with Crippen LogP contribution in [0.3, 0.4) is 0 Å². The second kappa shape index (κ2) is 7.72. The highest BCUT2D eigenvalue weighted by atomic mass is 32.2. The van der Waals surface area contributed by atoms with Crippen molar-refractivity contribution in [1.29, 1.82) is 0 Å². The average molecular weight is 384 g/mol. The summed E-state index contributed by atoms with van der Waals surface area (Å²) in [6.07, 6.45) is 4.13. The second-order valence-electron chi connectivity index (χ2n) is 7.00. The minimum Gasteiger partial charge on any atom is -0.326 e. The first kappa shape index (κ1) is 18.0. The van der Waals surface area contributed by atoms with Gasteiger partial charge in [0.05, 0.1) is 5.75 Å². The molecule has 4 rings (SSSR count). The Bertz CT molecular complexity index is 867. The normalized spacial score (nSPS) is 20.3. The van der Waals surface area contributed by atoms with Crippen LogP contribution in [0.2, 0.25) is 0 Å². The number of nitrogens with zero attached hydrogens (tertiary/aromatic N) is 1. The Hall–Kier alpha value is -2.34. The standard InChI is InChI=1S/C21H21FN2O2S/c22-16-8-4-10-18(12-16)24-19(25)13-27-21(24)15-7-3-9-17(11-15)23-20(26)14-5-1-2-6-14/h3-4,7-12,14,21H,1-2,5-6,13H2,(H,23,26)/t21-/m1/s1. The predicted octanol–water partition coefficient (Wildman–Crippen LogP) is 4.73. The molecule has 0 spiro atoms. The molecule has 0 bridgehead atoms. The molecule has 27 heavy (non-hydrogen) atoms. The van der Waals surface area contributed by atoms with Crippen LogP contribution >= 0.6 is 11.8 Å². The summed E-state index contributed by atoms with van der Waals surface area (Å²) in [5.41, 5.74) is 2.21. The Labute approximate surface area is 162 Å². The maximum Gasteiger partial charge on any atom is 0.238 e. The van der Waals surface area contributed by atoms with E-state index in [1.807, 2.05) is 24.3 Å². The van der Waals surface area contributed by atoms with Crippen molar-refractivity contribution < 1.29 is 14.0 Å². The van der Waals surface area contributed by atoms with Crippen molar-refractivity contribution in [2.45, 2.75) is 31.1 Å². The third-order valence-electron chi connectivity index (χ3n) is 5.12. The number of anilines is 2. The molecule has 1 heterocycles. The van der Waals surface area contributed by atoms with Gasteiger partial charge in [-0.05, 0) is 48.7 Å². The van der Waals surface area contributed by atoms with Crippen molar-refractivity contribution in [3.05, 3.63) is 59.9 Å². The first-order valence-electron chi connectivity index (χ1n) is 9.22. The van der Waals surface area contributed by atoms with Crippen molar-refractivity contribution in [2.75, 3.05) is 16.0 Å². The van der Waals surface area contributed by atoms with E-state index in [1.54, 1.807) is 17.0 Å². The zero-order chi connectivity index (χ0) is 18.8. The molecule has 1 aliphatic carbocycles. The fourth-order valence-corrected chi connectivity index (χ4v) is 4.95. The summed E-state index contributed by atoms with van der Waals surface area (Å²) in [6, 6.07) is 13.7. The summed E-state index contributed by atoms with van der Waals surface area (Å²) in [6.45, 7) is 0. The number of halogens is 1. The number of rotatable bonds is 4. The van der Waals surface area contributed by atoms with Crippen LogP contribution in [0.15, 0.2) is 48.5 Å². The molecule has 2 aromatic carbocycles. The zero-order valence-electron chi connectivity index (χ0n) is 14.9. The van der Waals surface area contributed by atoms with Crippen molar-refractivity contribution in [3.63, 3.8) is 0 Å². The molecule has 2 aromatic rings. The number of hydrogen-bond donors (Lipinski definition) is 1. The van der Waals surface area contributed by atoms with Gasteiger partial charge in [-0.25, -0.2) is 4.39 Å². The third-order valence-corrected chi connectivity index (χ3v) is 6.33. The molecule has 2 aliphatic rings. The molecule has 1 saturated heterocycles. The number of benzene rings is 2. The molecular formula is C21H21FN2O2S. The van der Waals surface area contributed by atoms with Gasteiger partial charge < -0.3 is 5.32 Å². The average Bonchev–Trinajstić information content (AvgIpc) is 3.32. The minimum atomic E-state index is -0.367. The van der Waals surface area contributed by atoms with Crippen LogP contribution in [0.1, 0.15) is 36.6 Å². The van der Waals surface area contributed by atoms with Crippen LogP contribution in [0.25, 0.3) is 0 Å². The number of carbonyl (C=O) groups is 2. The molecule has 140 valence electrons. The molecule has 6 heteroatoms. The van der Waals surface area contributed by atoms with Crippen LogP contribution in [0, 0.1) is 11.7 Å². The smallest absolute Gasteiger partial charge is 0.238 e. The monoisotopic (exact) mass is 384 g/mol. The van der Waals surface area contributed by atoms with Crippen molar-refractivity contribution in [1.82, 2.24) is 0 Å². The molecule has 4 nitrogen and oxygen atoms in total. The lowest BCUT2D eigenvalue weighted by Crippen LogP contribution is -2.28. The summed E-state index contributed by atoms with van der Waals surface area (Å²) in [4.78, 5) is 26.5. The first-order chi connectivity index (χ1) is 13.1. The van der Waals surface area contributed by atoms with Gasteiger partial charge in [-0.2, -0.15) is 0 Å². The largest absolute Gasteiger partial charge is 0.326 e. The number of thioether (sulfide) groups is 1. The summed E-state index contributed by atoms with van der Waals surface area (Å²) < 4.78 is 13.6. The van der Waals surface area contributed by atoms with E-state index >= 15 is 0 Å². The molecule has 1 aliphatic heterocycles. The number of carbonyl (C=O) groups excluding carboxylic acids is 2. The van der Waals surface area contributed by atoms with Crippen molar-refractivity contribution >= 4 is 35.0 Å². The number of hydrogen-bond acceptors (Lipinski definition) is 3. The Morgan fingerprint density at radius 3 is 2.67 bits per heavy atom. The molecular weight excluding hydrogens is 363 g/mol. The quantitative estimate of drug-likeness (QED) is 0.829.